The third-order valence-corrected chi connectivity index (χ3v) is 3.44. The van der Waals surface area contributed by atoms with Crippen LogP contribution in [0.1, 0.15) is 19.3 Å². The molecule has 2 nitrogen and oxygen atoms in total. The van der Waals surface area contributed by atoms with Gasteiger partial charge in [-0.05, 0) is 37.3 Å². The Morgan fingerprint density at radius 2 is 2.05 bits per heavy atom. The van der Waals surface area contributed by atoms with Gasteiger partial charge in [-0.2, -0.15) is 8.78 Å². The molecule has 2 atom stereocenters. The first kappa shape index (κ1) is 14.0. The van der Waals surface area contributed by atoms with Crippen LogP contribution >= 0.6 is 0 Å². The van der Waals surface area contributed by atoms with E-state index in [4.69, 9.17) is 4.74 Å². The van der Waals surface area contributed by atoms with Crippen LogP contribution in [0.4, 0.5) is 8.78 Å². The number of ether oxygens (including phenoxy) is 1. The van der Waals surface area contributed by atoms with Gasteiger partial charge in [0.25, 0.3) is 0 Å². The Hall–Kier alpha value is -1.45. The maximum Gasteiger partial charge on any atom is 0.382 e. The van der Waals surface area contributed by atoms with Gasteiger partial charge in [0.15, 0.2) is 0 Å². The number of alkyl halides is 2. The van der Waals surface area contributed by atoms with Gasteiger partial charge in [0.1, 0.15) is 5.75 Å². The van der Waals surface area contributed by atoms with Crippen LogP contribution in [0.15, 0.2) is 30.3 Å². The predicted octanol–water partition coefficient (Wildman–Crippen LogP) is 3.68. The Bertz CT molecular complexity index is 431. The lowest BCUT2D eigenvalue weighted by Crippen LogP contribution is -2.39. The van der Waals surface area contributed by atoms with E-state index in [1.54, 1.807) is 18.2 Å². The van der Waals surface area contributed by atoms with E-state index in [2.05, 4.69) is 6.92 Å². The van der Waals surface area contributed by atoms with E-state index < -0.39 is 17.8 Å². The van der Waals surface area contributed by atoms with Crippen LogP contribution in [0.3, 0.4) is 0 Å². The van der Waals surface area contributed by atoms with Gasteiger partial charge in [0, 0.05) is 5.92 Å². The average Bonchev–Trinajstić information content (AvgIpc) is 2.89. The van der Waals surface area contributed by atoms with Crippen molar-refractivity contribution in [1.29, 1.82) is 0 Å². The Balaban J connectivity index is 2.01. The predicted molar refractivity (Wildman–Crippen MR) is 67.5 cm³/mol. The number of para-hydroxylation sites is 1. The molecular weight excluding hydrogens is 250 g/mol. The zero-order chi connectivity index (χ0) is 13.9. The molecule has 0 aromatic heterocycles. The number of hydrogen-bond acceptors (Lipinski definition) is 2. The molecule has 0 N–H and O–H groups in total. The Morgan fingerprint density at radius 1 is 1.37 bits per heavy atom. The molecule has 19 heavy (non-hydrogen) atoms. The number of carbonyl (C=O) groups is 1. The van der Waals surface area contributed by atoms with Gasteiger partial charge in [0.2, 0.25) is 0 Å². The highest BCUT2D eigenvalue weighted by Gasteiger charge is 2.51. The summed E-state index contributed by atoms with van der Waals surface area (Å²) in [4.78, 5) is 11.6. The van der Waals surface area contributed by atoms with Crippen LogP contribution in [0.5, 0.6) is 5.75 Å². The summed E-state index contributed by atoms with van der Waals surface area (Å²) in [6, 6.07) is 7.93. The molecule has 0 spiro atoms. The van der Waals surface area contributed by atoms with Crippen molar-refractivity contribution in [3.63, 3.8) is 0 Å². The fourth-order valence-electron chi connectivity index (χ4n) is 2.25. The number of carbonyl (C=O) groups excluding carboxylic acids is 1. The molecule has 2 radical (unpaired) electrons. The summed E-state index contributed by atoms with van der Waals surface area (Å²) in [5, 5.41) is 0. The molecule has 1 aromatic rings. The van der Waals surface area contributed by atoms with Crippen LogP contribution in [-0.2, 0) is 4.79 Å². The first-order valence-corrected chi connectivity index (χ1v) is 6.31. The first-order valence-electron chi connectivity index (χ1n) is 6.31. The summed E-state index contributed by atoms with van der Waals surface area (Å²) < 4.78 is 32.7. The summed E-state index contributed by atoms with van der Waals surface area (Å²) in [6.45, 7) is 3.72. The second kappa shape index (κ2) is 5.68. The Labute approximate surface area is 111 Å². The maximum absolute atomic E-state index is 14.0. The van der Waals surface area contributed by atoms with Crippen LogP contribution in [0.2, 0.25) is 0 Å². The van der Waals surface area contributed by atoms with Crippen molar-refractivity contribution in [3.8, 4) is 5.75 Å². The number of esters is 1. The van der Waals surface area contributed by atoms with E-state index in [1.807, 2.05) is 0 Å². The zero-order valence-electron chi connectivity index (χ0n) is 10.5. The fourth-order valence-corrected chi connectivity index (χ4v) is 2.25. The molecular formula is C15H16F2O2. The molecule has 1 aliphatic rings. The summed E-state index contributed by atoms with van der Waals surface area (Å²) in [5.41, 5.74) is 0. The summed E-state index contributed by atoms with van der Waals surface area (Å²) in [5.74, 6) is -5.72. The second-order valence-electron chi connectivity index (χ2n) is 4.79. The highest BCUT2D eigenvalue weighted by molar-refractivity contribution is 5.80. The smallest absolute Gasteiger partial charge is 0.382 e. The normalized spacial score (nSPS) is 23.3. The number of halogens is 2. The SMILES string of the molecule is [CH2]CC1C[CH]C(C(F)(F)C(=O)Oc2ccccc2)C1. The van der Waals surface area contributed by atoms with Crippen LogP contribution < -0.4 is 4.74 Å². The molecule has 102 valence electrons. The Morgan fingerprint density at radius 3 is 2.63 bits per heavy atom. The van der Waals surface area contributed by atoms with Crippen LogP contribution in [-0.4, -0.2) is 11.9 Å². The van der Waals surface area contributed by atoms with E-state index in [1.165, 1.54) is 18.6 Å². The molecule has 0 heterocycles. The van der Waals surface area contributed by atoms with Crippen molar-refractivity contribution < 1.29 is 18.3 Å². The van der Waals surface area contributed by atoms with Gasteiger partial charge in [-0.3, -0.25) is 0 Å². The van der Waals surface area contributed by atoms with Crippen molar-refractivity contribution in [1.82, 2.24) is 0 Å². The largest absolute Gasteiger partial charge is 0.422 e. The van der Waals surface area contributed by atoms with E-state index >= 15 is 0 Å². The number of hydrogen-bond donors (Lipinski definition) is 0. The fraction of sp³-hybridized carbons (Fsp3) is 0.400. The molecule has 0 aliphatic heterocycles. The molecule has 2 rings (SSSR count). The zero-order valence-corrected chi connectivity index (χ0v) is 10.5. The lowest BCUT2D eigenvalue weighted by molar-refractivity contribution is -0.168. The Kier molecular flexibility index (Phi) is 4.17. The monoisotopic (exact) mass is 266 g/mol. The van der Waals surface area contributed by atoms with E-state index in [-0.39, 0.29) is 11.7 Å². The lowest BCUT2D eigenvalue weighted by Gasteiger charge is -2.21. The number of rotatable bonds is 4. The third kappa shape index (κ3) is 3.11. The lowest BCUT2D eigenvalue weighted by atomic mass is 9.97. The minimum Gasteiger partial charge on any atom is -0.422 e. The van der Waals surface area contributed by atoms with Crippen molar-refractivity contribution >= 4 is 5.97 Å². The maximum atomic E-state index is 14.0. The summed E-state index contributed by atoms with van der Waals surface area (Å²) in [6.07, 6.45) is 3.00. The molecule has 2 unspecified atom stereocenters. The molecule has 1 aliphatic carbocycles. The molecule has 1 saturated carbocycles. The van der Waals surface area contributed by atoms with E-state index in [9.17, 15) is 13.6 Å². The van der Waals surface area contributed by atoms with E-state index in [0.29, 0.717) is 19.3 Å². The first-order chi connectivity index (χ1) is 9.04. The van der Waals surface area contributed by atoms with Crippen LogP contribution in [0.25, 0.3) is 0 Å². The van der Waals surface area contributed by atoms with Crippen molar-refractivity contribution in [2.75, 3.05) is 0 Å². The summed E-state index contributed by atoms with van der Waals surface area (Å²) in [7, 11) is 0. The number of benzene rings is 1. The van der Waals surface area contributed by atoms with Gasteiger partial charge >= 0.3 is 11.9 Å². The van der Waals surface area contributed by atoms with Gasteiger partial charge in [-0.15, -0.1) is 0 Å². The van der Waals surface area contributed by atoms with Gasteiger partial charge in [0.05, 0.1) is 0 Å². The molecule has 0 amide bonds. The molecule has 1 aromatic carbocycles. The molecule has 0 saturated heterocycles. The minimum absolute atomic E-state index is 0.138. The second-order valence-corrected chi connectivity index (χ2v) is 4.79. The highest BCUT2D eigenvalue weighted by atomic mass is 19.3. The standard InChI is InChI=1S/C15H16F2O2/c1-2-11-8-9-12(10-11)15(16,17)14(18)19-13-6-4-3-5-7-13/h3-7,9,11-12H,1-2,8,10H2. The molecule has 1 fully saturated rings. The van der Waals surface area contributed by atoms with Crippen molar-refractivity contribution in [3.05, 3.63) is 43.7 Å². The quantitative estimate of drug-likeness (QED) is 0.614. The topological polar surface area (TPSA) is 26.3 Å². The van der Waals surface area contributed by atoms with Gasteiger partial charge < -0.3 is 4.74 Å². The van der Waals surface area contributed by atoms with Gasteiger partial charge in [-0.25, -0.2) is 4.79 Å². The van der Waals surface area contributed by atoms with Crippen LogP contribution in [0, 0.1) is 25.2 Å². The third-order valence-electron chi connectivity index (χ3n) is 3.44. The van der Waals surface area contributed by atoms with Crippen molar-refractivity contribution in [2.24, 2.45) is 11.8 Å². The van der Waals surface area contributed by atoms with Crippen molar-refractivity contribution in [2.45, 2.75) is 25.2 Å². The van der Waals surface area contributed by atoms with E-state index in [0.717, 1.165) is 0 Å². The molecule has 4 heteroatoms. The highest BCUT2D eigenvalue weighted by Crippen LogP contribution is 2.42. The minimum atomic E-state index is -3.47. The summed E-state index contributed by atoms with van der Waals surface area (Å²) >= 11 is 0. The van der Waals surface area contributed by atoms with Gasteiger partial charge in [-0.1, -0.05) is 31.5 Å². The molecule has 0 bridgehead atoms. The average molecular weight is 266 g/mol.